The third-order valence-corrected chi connectivity index (χ3v) is 3.96. The zero-order valence-corrected chi connectivity index (χ0v) is 14.3. The highest BCUT2D eigenvalue weighted by Gasteiger charge is 2.15. The highest BCUT2D eigenvalue weighted by Crippen LogP contribution is 2.31. The van der Waals surface area contributed by atoms with Gasteiger partial charge in [0.25, 0.3) is 0 Å². The van der Waals surface area contributed by atoms with Crippen molar-refractivity contribution in [3.05, 3.63) is 42.1 Å². The lowest BCUT2D eigenvalue weighted by Gasteiger charge is -2.20. The number of aryl methyl sites for hydroxylation is 1. The van der Waals surface area contributed by atoms with Crippen LogP contribution in [0.15, 0.2) is 30.9 Å². The molecule has 0 saturated carbocycles. The SMILES string of the molecule is C=CCN(CCC)CCc1c(C)[nH]c2cccc(OC(C)=O)c12. The first kappa shape index (κ1) is 17.3. The topological polar surface area (TPSA) is 45.3 Å². The predicted molar refractivity (Wildman–Crippen MR) is 95.0 cm³/mol. The molecule has 4 nitrogen and oxygen atoms in total. The molecule has 2 aromatic rings. The van der Waals surface area contributed by atoms with Crippen molar-refractivity contribution in [1.29, 1.82) is 0 Å². The lowest BCUT2D eigenvalue weighted by molar-refractivity contribution is -0.131. The van der Waals surface area contributed by atoms with E-state index in [1.165, 1.54) is 12.5 Å². The molecule has 0 unspecified atom stereocenters. The van der Waals surface area contributed by atoms with E-state index in [2.05, 4.69) is 30.3 Å². The molecule has 0 aliphatic heterocycles. The van der Waals surface area contributed by atoms with Gasteiger partial charge in [0, 0.05) is 36.6 Å². The second-order valence-corrected chi connectivity index (χ2v) is 5.84. The lowest BCUT2D eigenvalue weighted by Crippen LogP contribution is -2.27. The van der Waals surface area contributed by atoms with Crippen molar-refractivity contribution < 1.29 is 9.53 Å². The highest BCUT2D eigenvalue weighted by atomic mass is 16.5. The number of hydrogen-bond acceptors (Lipinski definition) is 3. The van der Waals surface area contributed by atoms with Gasteiger partial charge in [0.05, 0.1) is 0 Å². The number of ether oxygens (including phenoxy) is 1. The summed E-state index contributed by atoms with van der Waals surface area (Å²) in [5.41, 5.74) is 3.37. The molecule has 0 saturated heterocycles. The van der Waals surface area contributed by atoms with E-state index in [0.717, 1.165) is 49.1 Å². The second-order valence-electron chi connectivity index (χ2n) is 5.84. The molecule has 1 N–H and O–H groups in total. The molecular weight excluding hydrogens is 288 g/mol. The molecule has 0 fully saturated rings. The van der Waals surface area contributed by atoms with Gasteiger partial charge in [0.15, 0.2) is 0 Å². The number of hydrogen-bond donors (Lipinski definition) is 1. The summed E-state index contributed by atoms with van der Waals surface area (Å²) in [6, 6.07) is 5.78. The summed E-state index contributed by atoms with van der Waals surface area (Å²) in [6.45, 7) is 12.4. The molecule has 1 heterocycles. The number of fused-ring (bicyclic) bond motifs is 1. The smallest absolute Gasteiger partial charge is 0.308 e. The summed E-state index contributed by atoms with van der Waals surface area (Å²) in [5, 5.41) is 1.02. The molecule has 1 aromatic heterocycles. The average Bonchev–Trinajstić information content (AvgIpc) is 2.81. The molecule has 23 heavy (non-hydrogen) atoms. The fraction of sp³-hybridized carbons (Fsp3) is 0.421. The molecule has 0 spiro atoms. The first-order valence-electron chi connectivity index (χ1n) is 8.18. The maximum atomic E-state index is 11.4. The first-order valence-corrected chi connectivity index (χ1v) is 8.18. The number of nitrogens with one attached hydrogen (secondary N) is 1. The van der Waals surface area contributed by atoms with Crippen molar-refractivity contribution in [1.82, 2.24) is 9.88 Å². The van der Waals surface area contributed by atoms with Crippen molar-refractivity contribution in [3.8, 4) is 5.75 Å². The van der Waals surface area contributed by atoms with Crippen LogP contribution < -0.4 is 4.74 Å². The van der Waals surface area contributed by atoms with Gasteiger partial charge in [-0.05, 0) is 44.0 Å². The summed E-state index contributed by atoms with van der Waals surface area (Å²) in [7, 11) is 0. The monoisotopic (exact) mass is 314 g/mol. The van der Waals surface area contributed by atoms with Gasteiger partial charge < -0.3 is 9.72 Å². The Morgan fingerprint density at radius 2 is 2.17 bits per heavy atom. The van der Waals surface area contributed by atoms with Crippen molar-refractivity contribution in [2.75, 3.05) is 19.6 Å². The van der Waals surface area contributed by atoms with Gasteiger partial charge >= 0.3 is 5.97 Å². The molecule has 4 heteroatoms. The number of aromatic amines is 1. The van der Waals surface area contributed by atoms with E-state index < -0.39 is 0 Å². The first-order chi connectivity index (χ1) is 11.1. The second kappa shape index (κ2) is 7.97. The molecule has 2 rings (SSSR count). The normalized spacial score (nSPS) is 11.1. The van der Waals surface area contributed by atoms with E-state index in [1.54, 1.807) is 0 Å². The van der Waals surface area contributed by atoms with E-state index in [4.69, 9.17) is 4.74 Å². The largest absolute Gasteiger partial charge is 0.426 e. The van der Waals surface area contributed by atoms with Crippen molar-refractivity contribution in [2.24, 2.45) is 0 Å². The van der Waals surface area contributed by atoms with Gasteiger partial charge in [-0.1, -0.05) is 19.1 Å². The molecule has 0 atom stereocenters. The van der Waals surface area contributed by atoms with Crippen LogP contribution in [0.1, 0.15) is 31.5 Å². The minimum absolute atomic E-state index is 0.290. The van der Waals surface area contributed by atoms with Crippen LogP contribution in [0.4, 0.5) is 0 Å². The van der Waals surface area contributed by atoms with Crippen LogP contribution in [0.2, 0.25) is 0 Å². The fourth-order valence-corrected chi connectivity index (χ4v) is 3.03. The Morgan fingerprint density at radius 3 is 2.83 bits per heavy atom. The van der Waals surface area contributed by atoms with Crippen molar-refractivity contribution >= 4 is 16.9 Å². The third kappa shape index (κ3) is 4.23. The quantitative estimate of drug-likeness (QED) is 0.457. The zero-order chi connectivity index (χ0) is 16.8. The fourth-order valence-electron chi connectivity index (χ4n) is 3.03. The molecule has 124 valence electrons. The number of esters is 1. The van der Waals surface area contributed by atoms with Crippen LogP contribution in [0, 0.1) is 6.92 Å². The predicted octanol–water partition coefficient (Wildman–Crippen LogP) is 3.84. The highest BCUT2D eigenvalue weighted by molar-refractivity contribution is 5.92. The molecule has 0 aliphatic rings. The Morgan fingerprint density at radius 1 is 1.39 bits per heavy atom. The van der Waals surface area contributed by atoms with Crippen LogP contribution >= 0.6 is 0 Å². The maximum absolute atomic E-state index is 11.4. The van der Waals surface area contributed by atoms with E-state index in [-0.39, 0.29) is 5.97 Å². The van der Waals surface area contributed by atoms with E-state index in [9.17, 15) is 4.79 Å². The summed E-state index contributed by atoms with van der Waals surface area (Å²) < 4.78 is 5.39. The number of H-pyrrole nitrogens is 1. The molecular formula is C19H26N2O2. The number of aromatic nitrogens is 1. The minimum Gasteiger partial charge on any atom is -0.426 e. The van der Waals surface area contributed by atoms with Crippen LogP contribution in [0.3, 0.4) is 0 Å². The Kier molecular flexibility index (Phi) is 5.99. The standard InChI is InChI=1S/C19H26N2O2/c1-5-11-21(12-6-2)13-10-16-14(3)20-17-8-7-9-18(19(16)17)23-15(4)22/h5,7-9,20H,1,6,10-13H2,2-4H3. The number of nitrogens with zero attached hydrogens (tertiary/aromatic N) is 1. The minimum atomic E-state index is -0.290. The third-order valence-electron chi connectivity index (χ3n) is 3.96. The van der Waals surface area contributed by atoms with Gasteiger partial charge in [-0.2, -0.15) is 0 Å². The number of carbonyl (C=O) groups excluding carboxylic acids is 1. The molecule has 0 aliphatic carbocycles. The number of rotatable bonds is 8. The van der Waals surface area contributed by atoms with E-state index >= 15 is 0 Å². The van der Waals surface area contributed by atoms with Crippen LogP contribution in [-0.2, 0) is 11.2 Å². The Labute approximate surface area is 138 Å². The summed E-state index contributed by atoms with van der Waals surface area (Å²) in [6.07, 6.45) is 3.99. The number of carbonyl (C=O) groups is 1. The average molecular weight is 314 g/mol. The van der Waals surface area contributed by atoms with Gasteiger partial charge in [-0.15, -0.1) is 6.58 Å². The zero-order valence-electron chi connectivity index (χ0n) is 14.3. The molecule has 0 bridgehead atoms. The Hall–Kier alpha value is -2.07. The Bertz CT molecular complexity index is 688. The van der Waals surface area contributed by atoms with E-state index in [1.807, 2.05) is 24.3 Å². The summed E-state index contributed by atoms with van der Waals surface area (Å²) in [4.78, 5) is 17.1. The van der Waals surface area contributed by atoms with E-state index in [0.29, 0.717) is 5.75 Å². The lowest BCUT2D eigenvalue weighted by atomic mass is 10.1. The number of benzene rings is 1. The van der Waals surface area contributed by atoms with Gasteiger partial charge in [-0.25, -0.2) is 0 Å². The van der Waals surface area contributed by atoms with Gasteiger partial charge in [0.2, 0.25) is 0 Å². The van der Waals surface area contributed by atoms with Gasteiger partial charge in [-0.3, -0.25) is 9.69 Å². The van der Waals surface area contributed by atoms with Gasteiger partial charge in [0.1, 0.15) is 5.75 Å². The van der Waals surface area contributed by atoms with Crippen LogP contribution in [0.5, 0.6) is 5.75 Å². The van der Waals surface area contributed by atoms with Crippen molar-refractivity contribution in [3.63, 3.8) is 0 Å². The molecule has 0 radical (unpaired) electrons. The maximum Gasteiger partial charge on any atom is 0.308 e. The van der Waals surface area contributed by atoms with Crippen LogP contribution in [-0.4, -0.2) is 35.5 Å². The summed E-state index contributed by atoms with van der Waals surface area (Å²) >= 11 is 0. The molecule has 0 amide bonds. The Balaban J connectivity index is 2.30. The van der Waals surface area contributed by atoms with Crippen molar-refractivity contribution in [2.45, 2.75) is 33.6 Å². The summed E-state index contributed by atoms with van der Waals surface area (Å²) in [5.74, 6) is 0.349. The van der Waals surface area contributed by atoms with Crippen LogP contribution in [0.25, 0.3) is 10.9 Å². The molecule has 1 aromatic carbocycles.